The number of phosphoric ester groups is 1. The summed E-state index contributed by atoms with van der Waals surface area (Å²) < 4.78 is 33.0. The monoisotopic (exact) mass is 680 g/mol. The molecule has 2 atom stereocenters. The number of carbonyl (C=O) groups excluding carboxylic acids is 5. The summed E-state index contributed by atoms with van der Waals surface area (Å²) in [5, 5.41) is 2.61. The molecule has 262 valence electrons. The van der Waals surface area contributed by atoms with Gasteiger partial charge in [-0.1, -0.05) is 64.5 Å². The number of hydrogen-bond acceptors (Lipinski definition) is 10. The van der Waals surface area contributed by atoms with Crippen molar-refractivity contribution in [3.8, 4) is 0 Å². The fraction of sp³-hybridized carbons (Fsp3) is 0.606. The molecule has 14 heteroatoms. The number of ether oxygens (including phenoxy) is 2. The highest BCUT2D eigenvalue weighted by Crippen LogP contribution is 2.43. The minimum Gasteiger partial charge on any atom is -0.462 e. The van der Waals surface area contributed by atoms with E-state index in [1.807, 2.05) is 0 Å². The molecule has 2 rings (SSSR count). The maximum atomic E-state index is 12.4. The second-order valence-electron chi connectivity index (χ2n) is 11.2. The molecule has 0 saturated carbocycles. The van der Waals surface area contributed by atoms with Crippen LogP contribution in [0.1, 0.15) is 96.5 Å². The van der Waals surface area contributed by atoms with Crippen LogP contribution in [0.25, 0.3) is 0 Å². The molecule has 1 heterocycles. The van der Waals surface area contributed by atoms with Crippen LogP contribution in [0.3, 0.4) is 0 Å². The molecule has 0 aliphatic carbocycles. The number of anilines is 1. The van der Waals surface area contributed by atoms with Crippen LogP contribution in [-0.2, 0) is 53.5 Å². The molecule has 0 radical (unpaired) electrons. The zero-order valence-electron chi connectivity index (χ0n) is 27.5. The number of nitrogens with one attached hydrogen (secondary N) is 1. The summed E-state index contributed by atoms with van der Waals surface area (Å²) >= 11 is 0. The quantitative estimate of drug-likeness (QED) is 0.0610. The van der Waals surface area contributed by atoms with Gasteiger partial charge >= 0.3 is 19.8 Å². The highest BCUT2D eigenvalue weighted by molar-refractivity contribution is 7.47. The summed E-state index contributed by atoms with van der Waals surface area (Å²) in [7, 11) is -4.57. The summed E-state index contributed by atoms with van der Waals surface area (Å²) in [4.78, 5) is 71.4. The van der Waals surface area contributed by atoms with E-state index in [1.54, 1.807) is 24.3 Å². The van der Waals surface area contributed by atoms with Crippen LogP contribution in [0.2, 0.25) is 0 Å². The van der Waals surface area contributed by atoms with Gasteiger partial charge in [0.15, 0.2) is 6.10 Å². The Kier molecular flexibility index (Phi) is 18.8. The smallest absolute Gasteiger partial charge is 0.462 e. The molecule has 2 N–H and O–H groups in total. The molecule has 1 aliphatic heterocycles. The maximum absolute atomic E-state index is 12.4. The van der Waals surface area contributed by atoms with E-state index in [0.717, 1.165) is 49.0 Å². The molecular weight excluding hydrogens is 631 g/mol. The number of carbonyl (C=O) groups is 5. The van der Waals surface area contributed by atoms with Gasteiger partial charge in [0, 0.05) is 38.0 Å². The van der Waals surface area contributed by atoms with Crippen molar-refractivity contribution in [2.75, 3.05) is 31.3 Å². The van der Waals surface area contributed by atoms with E-state index >= 15 is 0 Å². The summed E-state index contributed by atoms with van der Waals surface area (Å²) in [6.07, 6.45) is 10.2. The Morgan fingerprint density at radius 1 is 0.809 bits per heavy atom. The molecule has 0 aromatic heterocycles. The number of benzene rings is 1. The molecule has 47 heavy (non-hydrogen) atoms. The first-order chi connectivity index (χ1) is 22.5. The lowest BCUT2D eigenvalue weighted by Gasteiger charge is -2.20. The number of phosphoric acid groups is 1. The zero-order chi connectivity index (χ0) is 34.5. The third-order valence-electron chi connectivity index (χ3n) is 7.17. The van der Waals surface area contributed by atoms with E-state index in [0.29, 0.717) is 31.4 Å². The fourth-order valence-corrected chi connectivity index (χ4v) is 5.34. The average molecular weight is 681 g/mol. The Morgan fingerprint density at radius 3 is 2.04 bits per heavy atom. The minimum absolute atomic E-state index is 0.0425. The van der Waals surface area contributed by atoms with E-state index in [9.17, 15) is 33.4 Å². The number of esters is 2. The minimum atomic E-state index is -4.57. The van der Waals surface area contributed by atoms with Crippen LogP contribution in [0.15, 0.2) is 36.4 Å². The van der Waals surface area contributed by atoms with Crippen molar-refractivity contribution in [3.63, 3.8) is 0 Å². The lowest BCUT2D eigenvalue weighted by Crippen LogP contribution is -2.30. The number of amides is 3. The molecule has 1 aliphatic rings. The Morgan fingerprint density at radius 2 is 1.43 bits per heavy atom. The third kappa shape index (κ3) is 16.8. The van der Waals surface area contributed by atoms with Crippen LogP contribution in [0, 0.1) is 0 Å². The van der Waals surface area contributed by atoms with Crippen LogP contribution in [0.4, 0.5) is 5.69 Å². The van der Waals surface area contributed by atoms with E-state index in [4.69, 9.17) is 18.5 Å². The van der Waals surface area contributed by atoms with Crippen LogP contribution >= 0.6 is 7.82 Å². The predicted molar refractivity (Wildman–Crippen MR) is 174 cm³/mol. The van der Waals surface area contributed by atoms with Crippen molar-refractivity contribution < 1.29 is 52.0 Å². The molecule has 0 spiro atoms. The van der Waals surface area contributed by atoms with Gasteiger partial charge in [0.1, 0.15) is 6.61 Å². The first-order valence-corrected chi connectivity index (χ1v) is 17.9. The third-order valence-corrected chi connectivity index (χ3v) is 8.16. The van der Waals surface area contributed by atoms with E-state index in [2.05, 4.69) is 19.2 Å². The van der Waals surface area contributed by atoms with Crippen molar-refractivity contribution >= 4 is 43.2 Å². The largest absolute Gasteiger partial charge is 0.472 e. The lowest BCUT2D eigenvalue weighted by molar-refractivity contribution is -0.161. The lowest BCUT2D eigenvalue weighted by atomic mass is 10.1. The van der Waals surface area contributed by atoms with Gasteiger partial charge in [0.2, 0.25) is 5.91 Å². The van der Waals surface area contributed by atoms with E-state index in [1.165, 1.54) is 12.2 Å². The second kappa shape index (κ2) is 22.2. The Labute approximate surface area is 277 Å². The average Bonchev–Trinajstić information content (AvgIpc) is 3.38. The van der Waals surface area contributed by atoms with Crippen molar-refractivity contribution in [3.05, 3.63) is 42.0 Å². The van der Waals surface area contributed by atoms with E-state index < -0.39 is 44.3 Å². The molecular formula is C33H49N2O11P. The van der Waals surface area contributed by atoms with Crippen LogP contribution < -0.4 is 10.2 Å². The van der Waals surface area contributed by atoms with Crippen LogP contribution in [-0.4, -0.2) is 67.0 Å². The summed E-state index contributed by atoms with van der Waals surface area (Å²) in [5.41, 5.74) is 1.40. The molecule has 0 saturated heterocycles. The topological polar surface area (TPSA) is 175 Å². The number of nitrogens with zero attached hydrogens (tertiary/aromatic N) is 1. The van der Waals surface area contributed by atoms with Gasteiger partial charge in [-0.15, -0.1) is 0 Å². The molecule has 0 bridgehead atoms. The molecule has 1 aromatic rings. The highest BCUT2D eigenvalue weighted by atomic mass is 31.2. The van der Waals surface area contributed by atoms with Gasteiger partial charge in [-0.05, 0) is 43.4 Å². The molecule has 3 amide bonds. The first kappa shape index (κ1) is 39.8. The second-order valence-corrected chi connectivity index (χ2v) is 12.7. The standard InChI is InChI=1S/C33H49N2O11P/c1-3-5-7-9-14-32(39)43-24-28(46-33(40)15-10-8-6-4-2)25-45-47(41,42)44-23-22-34-29(36)13-11-12-26-16-18-27(19-17-26)35-30(37)20-21-31(35)38/h16-21,28H,3-15,22-25H2,1-2H3,(H,34,36)(H,41,42). The van der Waals surface area contributed by atoms with Crippen molar-refractivity contribution in [1.82, 2.24) is 5.32 Å². The van der Waals surface area contributed by atoms with Crippen molar-refractivity contribution in [1.29, 1.82) is 0 Å². The molecule has 0 fully saturated rings. The van der Waals surface area contributed by atoms with Crippen molar-refractivity contribution in [2.24, 2.45) is 0 Å². The van der Waals surface area contributed by atoms with Gasteiger partial charge in [-0.3, -0.25) is 33.0 Å². The Balaban J connectivity index is 1.69. The Bertz CT molecular complexity index is 1220. The molecule has 13 nitrogen and oxygen atoms in total. The predicted octanol–water partition coefficient (Wildman–Crippen LogP) is 5.08. The van der Waals surface area contributed by atoms with Gasteiger partial charge in [0.25, 0.3) is 11.8 Å². The fourth-order valence-electron chi connectivity index (χ4n) is 4.59. The van der Waals surface area contributed by atoms with Gasteiger partial charge in [0.05, 0.1) is 18.9 Å². The number of rotatable bonds is 25. The van der Waals surface area contributed by atoms with E-state index in [-0.39, 0.29) is 44.9 Å². The summed E-state index contributed by atoms with van der Waals surface area (Å²) in [5.74, 6) is -2.03. The maximum Gasteiger partial charge on any atom is 0.472 e. The highest BCUT2D eigenvalue weighted by Gasteiger charge is 2.27. The van der Waals surface area contributed by atoms with Gasteiger partial charge in [-0.2, -0.15) is 0 Å². The SMILES string of the molecule is CCCCCCC(=O)OCC(COP(=O)(O)OCCNC(=O)CCCc1ccc(N2C(=O)C=CC2=O)cc1)OC(=O)CCCCCC. The van der Waals surface area contributed by atoms with Crippen LogP contribution in [0.5, 0.6) is 0 Å². The van der Waals surface area contributed by atoms with Gasteiger partial charge < -0.3 is 19.7 Å². The summed E-state index contributed by atoms with van der Waals surface area (Å²) in [6.45, 7) is 2.93. The number of imide groups is 1. The number of aryl methyl sites for hydroxylation is 1. The first-order valence-electron chi connectivity index (χ1n) is 16.4. The van der Waals surface area contributed by atoms with Gasteiger partial charge in [-0.25, -0.2) is 9.46 Å². The number of unbranched alkanes of at least 4 members (excludes halogenated alkanes) is 6. The van der Waals surface area contributed by atoms with Crippen molar-refractivity contribution in [2.45, 2.75) is 103 Å². The summed E-state index contributed by atoms with van der Waals surface area (Å²) in [6, 6.07) is 6.93. The zero-order valence-corrected chi connectivity index (χ0v) is 28.4. The molecule has 2 unspecified atom stereocenters. The molecule has 1 aromatic carbocycles. The number of hydrogen-bond donors (Lipinski definition) is 2. The Hall–Kier alpha value is -3.38. The normalized spacial score (nSPS) is 14.6.